The smallest absolute Gasteiger partial charge is 0.315 e. The fraction of sp³-hybridized carbons (Fsp3) is 0.444. The highest BCUT2D eigenvalue weighted by atomic mass is 32.1. The van der Waals surface area contributed by atoms with Crippen molar-refractivity contribution in [3.8, 4) is 0 Å². The summed E-state index contributed by atoms with van der Waals surface area (Å²) in [4.78, 5) is 5.42. The van der Waals surface area contributed by atoms with E-state index in [1.165, 1.54) is 4.88 Å². The van der Waals surface area contributed by atoms with E-state index in [0.717, 1.165) is 5.01 Å². The van der Waals surface area contributed by atoms with E-state index in [2.05, 4.69) is 25.8 Å². The van der Waals surface area contributed by atoms with Gasteiger partial charge in [0, 0.05) is 11.1 Å². The fourth-order valence-electron chi connectivity index (χ4n) is 1.18. The van der Waals surface area contributed by atoms with Gasteiger partial charge >= 0.3 is 6.01 Å². The second-order valence-electron chi connectivity index (χ2n) is 3.25. The molecule has 0 aliphatic rings. The van der Waals surface area contributed by atoms with Crippen molar-refractivity contribution >= 4 is 17.4 Å². The molecule has 0 aromatic carbocycles. The monoisotopic (exact) mass is 239 g/mol. The number of anilines is 1. The molecule has 2 rings (SSSR count). The molecule has 0 bridgehead atoms. The van der Waals surface area contributed by atoms with Gasteiger partial charge in [-0.2, -0.15) is 0 Å². The van der Waals surface area contributed by atoms with Crippen LogP contribution >= 0.6 is 11.3 Å². The number of rotatable bonds is 5. The van der Waals surface area contributed by atoms with Crippen molar-refractivity contribution < 1.29 is 4.42 Å². The molecule has 0 spiro atoms. The number of aromatic nitrogens is 3. The Balaban J connectivity index is 1.89. The summed E-state index contributed by atoms with van der Waals surface area (Å²) in [7, 11) is 1.83. The van der Waals surface area contributed by atoms with Crippen LogP contribution in [0.4, 0.5) is 6.01 Å². The summed E-state index contributed by atoms with van der Waals surface area (Å²) in [5.41, 5.74) is 0. The lowest BCUT2D eigenvalue weighted by Gasteiger charge is -1.96. The summed E-state index contributed by atoms with van der Waals surface area (Å²) in [5.74, 6) is 0.570. The lowest BCUT2D eigenvalue weighted by molar-refractivity contribution is 0.489. The minimum atomic E-state index is 0.429. The highest BCUT2D eigenvalue weighted by Crippen LogP contribution is 2.13. The van der Waals surface area contributed by atoms with Crippen LogP contribution in [0.2, 0.25) is 0 Å². The van der Waals surface area contributed by atoms with Crippen LogP contribution in [0.3, 0.4) is 0 Å². The Morgan fingerprint density at radius 3 is 2.94 bits per heavy atom. The Kier molecular flexibility index (Phi) is 3.47. The first kappa shape index (κ1) is 11.0. The second-order valence-corrected chi connectivity index (χ2v) is 4.57. The summed E-state index contributed by atoms with van der Waals surface area (Å²) in [6, 6.07) is 0.429. The zero-order valence-corrected chi connectivity index (χ0v) is 9.97. The van der Waals surface area contributed by atoms with E-state index in [-0.39, 0.29) is 0 Å². The minimum absolute atomic E-state index is 0.429. The summed E-state index contributed by atoms with van der Waals surface area (Å²) in [6.07, 6.45) is 1.85. The van der Waals surface area contributed by atoms with Gasteiger partial charge in [0.25, 0.3) is 0 Å². The van der Waals surface area contributed by atoms with E-state index < -0.39 is 0 Å². The molecule has 0 unspecified atom stereocenters. The summed E-state index contributed by atoms with van der Waals surface area (Å²) >= 11 is 1.65. The highest BCUT2D eigenvalue weighted by molar-refractivity contribution is 7.11. The van der Waals surface area contributed by atoms with Gasteiger partial charge in [0.1, 0.15) is 5.01 Å². The highest BCUT2D eigenvalue weighted by Gasteiger charge is 2.05. The predicted molar refractivity (Wildman–Crippen MR) is 61.2 cm³/mol. The molecule has 0 fully saturated rings. The molecule has 0 saturated carbocycles. The molecule has 7 heteroatoms. The molecule has 0 radical (unpaired) electrons. The molecule has 0 aliphatic heterocycles. The van der Waals surface area contributed by atoms with Crippen molar-refractivity contribution in [1.29, 1.82) is 0 Å². The van der Waals surface area contributed by atoms with Crippen LogP contribution in [-0.2, 0) is 13.1 Å². The Bertz CT molecular complexity index is 452. The van der Waals surface area contributed by atoms with Gasteiger partial charge in [-0.25, -0.2) is 4.98 Å². The lowest BCUT2D eigenvalue weighted by Crippen LogP contribution is -2.04. The van der Waals surface area contributed by atoms with Crippen molar-refractivity contribution in [3.63, 3.8) is 0 Å². The number of nitrogens with zero attached hydrogens (tertiary/aromatic N) is 3. The second kappa shape index (κ2) is 5.04. The fourth-order valence-corrected chi connectivity index (χ4v) is 1.91. The average molecular weight is 239 g/mol. The molecular formula is C9H13N5OS. The first-order chi connectivity index (χ1) is 7.78. The lowest BCUT2D eigenvalue weighted by atomic mass is 10.6. The van der Waals surface area contributed by atoms with Gasteiger partial charge in [0.2, 0.25) is 5.89 Å². The number of aryl methyl sites for hydroxylation is 1. The minimum Gasteiger partial charge on any atom is -0.407 e. The normalized spacial score (nSPS) is 10.6. The van der Waals surface area contributed by atoms with Gasteiger partial charge < -0.3 is 15.1 Å². The molecule has 6 nitrogen and oxygen atoms in total. The maximum Gasteiger partial charge on any atom is 0.315 e. The molecule has 2 N–H and O–H groups in total. The molecule has 0 atom stereocenters. The molecule has 2 aromatic rings. The van der Waals surface area contributed by atoms with Crippen LogP contribution in [0.25, 0.3) is 0 Å². The topological polar surface area (TPSA) is 75.9 Å². The van der Waals surface area contributed by atoms with Gasteiger partial charge in [-0.1, -0.05) is 5.10 Å². The number of thiazole rings is 1. The zero-order chi connectivity index (χ0) is 11.4. The van der Waals surface area contributed by atoms with Gasteiger partial charge in [0.15, 0.2) is 0 Å². The number of hydrogen-bond acceptors (Lipinski definition) is 7. The molecule has 2 heterocycles. The third kappa shape index (κ3) is 2.77. The van der Waals surface area contributed by atoms with Crippen molar-refractivity contribution in [1.82, 2.24) is 20.5 Å². The van der Waals surface area contributed by atoms with Crippen LogP contribution < -0.4 is 10.6 Å². The van der Waals surface area contributed by atoms with Crippen molar-refractivity contribution in [2.45, 2.75) is 20.0 Å². The number of hydrogen-bond donors (Lipinski definition) is 2. The van der Waals surface area contributed by atoms with Gasteiger partial charge in [-0.05, 0) is 14.0 Å². The molecular weight excluding hydrogens is 226 g/mol. The van der Waals surface area contributed by atoms with E-state index in [1.807, 2.05) is 20.2 Å². The summed E-state index contributed by atoms with van der Waals surface area (Å²) in [6.45, 7) is 3.21. The Morgan fingerprint density at radius 1 is 1.38 bits per heavy atom. The van der Waals surface area contributed by atoms with E-state index in [9.17, 15) is 0 Å². The molecule has 0 aliphatic carbocycles. The van der Waals surface area contributed by atoms with E-state index in [0.29, 0.717) is 25.0 Å². The molecule has 0 amide bonds. The van der Waals surface area contributed by atoms with Crippen molar-refractivity contribution in [2.75, 3.05) is 12.4 Å². The van der Waals surface area contributed by atoms with E-state index in [4.69, 9.17) is 4.42 Å². The van der Waals surface area contributed by atoms with E-state index in [1.54, 1.807) is 11.3 Å². The maximum atomic E-state index is 5.33. The predicted octanol–water partition coefficient (Wildman–Crippen LogP) is 1.17. The third-order valence-corrected chi connectivity index (χ3v) is 2.77. The van der Waals surface area contributed by atoms with E-state index >= 15 is 0 Å². The van der Waals surface area contributed by atoms with Crippen molar-refractivity contribution in [3.05, 3.63) is 22.0 Å². The zero-order valence-electron chi connectivity index (χ0n) is 9.15. The standard InChI is InChI=1S/C9H13N5OS/c1-6-3-11-8(16-6)5-12-9-14-13-7(15-9)4-10-2/h3,10H,4-5H2,1-2H3,(H,12,14). The summed E-state index contributed by atoms with van der Waals surface area (Å²) in [5, 5.41) is 14.7. The maximum absolute atomic E-state index is 5.33. The third-order valence-electron chi connectivity index (χ3n) is 1.85. The van der Waals surface area contributed by atoms with Crippen molar-refractivity contribution in [2.24, 2.45) is 0 Å². The summed E-state index contributed by atoms with van der Waals surface area (Å²) < 4.78 is 5.33. The first-order valence-electron chi connectivity index (χ1n) is 4.90. The average Bonchev–Trinajstić information content (AvgIpc) is 2.85. The molecule has 86 valence electrons. The van der Waals surface area contributed by atoms with Gasteiger partial charge in [-0.3, -0.25) is 0 Å². The van der Waals surface area contributed by atoms with Crippen LogP contribution in [0.15, 0.2) is 10.6 Å². The molecule has 2 aromatic heterocycles. The Labute approximate surface area is 97.1 Å². The molecule has 0 saturated heterocycles. The van der Waals surface area contributed by atoms with Gasteiger partial charge in [-0.15, -0.1) is 16.4 Å². The Hall–Kier alpha value is -1.47. The van der Waals surface area contributed by atoms with Crippen LogP contribution in [0.1, 0.15) is 15.8 Å². The Morgan fingerprint density at radius 2 is 2.25 bits per heavy atom. The SMILES string of the molecule is CNCc1nnc(NCc2ncc(C)s2)o1. The number of nitrogens with one attached hydrogen (secondary N) is 2. The van der Waals surface area contributed by atoms with Crippen LogP contribution in [0.5, 0.6) is 0 Å². The quantitative estimate of drug-likeness (QED) is 0.815. The molecule has 16 heavy (non-hydrogen) atoms. The van der Waals surface area contributed by atoms with Crippen LogP contribution in [-0.4, -0.2) is 22.2 Å². The van der Waals surface area contributed by atoms with Gasteiger partial charge in [0.05, 0.1) is 13.1 Å². The van der Waals surface area contributed by atoms with Crippen LogP contribution in [0, 0.1) is 6.92 Å². The first-order valence-corrected chi connectivity index (χ1v) is 5.71. The largest absolute Gasteiger partial charge is 0.407 e.